The fourth-order valence-corrected chi connectivity index (χ4v) is 1.57. The lowest BCUT2D eigenvalue weighted by Crippen LogP contribution is -2.24. The largest absolute Gasteiger partial charge is 0.389 e. The Bertz CT molecular complexity index is 455. The van der Waals surface area contributed by atoms with E-state index in [0.29, 0.717) is 13.2 Å². The SMILES string of the molecule is COCC(O)CNc1cccc2nccn12. The second-order valence-electron chi connectivity index (χ2n) is 3.56. The van der Waals surface area contributed by atoms with E-state index >= 15 is 0 Å². The first-order valence-electron chi connectivity index (χ1n) is 5.14. The number of imidazole rings is 1. The summed E-state index contributed by atoms with van der Waals surface area (Å²) in [6.45, 7) is 0.776. The van der Waals surface area contributed by atoms with Gasteiger partial charge in [0.25, 0.3) is 0 Å². The zero-order valence-electron chi connectivity index (χ0n) is 9.13. The fraction of sp³-hybridized carbons (Fsp3) is 0.364. The summed E-state index contributed by atoms with van der Waals surface area (Å²) in [5.74, 6) is 0.908. The van der Waals surface area contributed by atoms with Crippen LogP contribution in [0.25, 0.3) is 5.65 Å². The Balaban J connectivity index is 2.06. The Morgan fingerprint density at radius 2 is 2.44 bits per heavy atom. The first kappa shape index (κ1) is 10.9. The molecule has 0 saturated carbocycles. The lowest BCUT2D eigenvalue weighted by Gasteiger charge is -2.12. The van der Waals surface area contributed by atoms with Gasteiger partial charge in [0.1, 0.15) is 11.5 Å². The number of aromatic nitrogens is 2. The minimum atomic E-state index is -0.510. The molecule has 0 amide bonds. The monoisotopic (exact) mass is 221 g/mol. The van der Waals surface area contributed by atoms with Crippen molar-refractivity contribution in [1.29, 1.82) is 0 Å². The highest BCUT2D eigenvalue weighted by Crippen LogP contribution is 2.10. The summed E-state index contributed by atoms with van der Waals surface area (Å²) in [7, 11) is 1.57. The first-order chi connectivity index (χ1) is 7.81. The van der Waals surface area contributed by atoms with E-state index in [1.165, 1.54) is 0 Å². The van der Waals surface area contributed by atoms with Crippen molar-refractivity contribution in [3.05, 3.63) is 30.6 Å². The summed E-state index contributed by atoms with van der Waals surface area (Å²) in [5, 5.41) is 12.7. The van der Waals surface area contributed by atoms with E-state index in [4.69, 9.17) is 4.74 Å². The molecule has 2 N–H and O–H groups in total. The van der Waals surface area contributed by atoms with Gasteiger partial charge in [-0.2, -0.15) is 0 Å². The van der Waals surface area contributed by atoms with Gasteiger partial charge in [0.05, 0.1) is 12.7 Å². The third kappa shape index (κ3) is 2.32. The van der Waals surface area contributed by atoms with Crippen LogP contribution in [0.2, 0.25) is 0 Å². The maximum absolute atomic E-state index is 9.52. The first-order valence-corrected chi connectivity index (χ1v) is 5.14. The number of aliphatic hydroxyl groups is 1. The molecule has 0 aliphatic heterocycles. The highest BCUT2D eigenvalue weighted by molar-refractivity contribution is 5.49. The zero-order chi connectivity index (χ0) is 11.4. The number of rotatable bonds is 5. The molecule has 0 saturated heterocycles. The van der Waals surface area contributed by atoms with Crippen molar-refractivity contribution in [2.75, 3.05) is 25.6 Å². The Labute approximate surface area is 93.7 Å². The molecule has 2 heterocycles. The molecule has 5 heteroatoms. The van der Waals surface area contributed by atoms with E-state index in [9.17, 15) is 5.11 Å². The molecule has 16 heavy (non-hydrogen) atoms. The molecular formula is C11H15N3O2. The molecule has 2 rings (SSSR count). The molecule has 0 aromatic carbocycles. The number of pyridine rings is 1. The van der Waals surface area contributed by atoms with Gasteiger partial charge in [0, 0.05) is 26.0 Å². The Kier molecular flexibility index (Phi) is 3.38. The average Bonchev–Trinajstić information content (AvgIpc) is 2.75. The van der Waals surface area contributed by atoms with Crippen LogP contribution in [0.15, 0.2) is 30.6 Å². The highest BCUT2D eigenvalue weighted by atomic mass is 16.5. The van der Waals surface area contributed by atoms with Crippen LogP contribution in [0.5, 0.6) is 0 Å². The quantitative estimate of drug-likeness (QED) is 0.782. The van der Waals surface area contributed by atoms with Crippen molar-refractivity contribution in [1.82, 2.24) is 9.38 Å². The normalized spacial score (nSPS) is 12.9. The fourth-order valence-electron chi connectivity index (χ4n) is 1.57. The number of nitrogens with one attached hydrogen (secondary N) is 1. The van der Waals surface area contributed by atoms with Crippen molar-refractivity contribution < 1.29 is 9.84 Å². The predicted molar refractivity (Wildman–Crippen MR) is 61.6 cm³/mol. The Morgan fingerprint density at radius 1 is 1.56 bits per heavy atom. The smallest absolute Gasteiger partial charge is 0.138 e. The molecule has 5 nitrogen and oxygen atoms in total. The molecule has 0 bridgehead atoms. The molecule has 0 aliphatic carbocycles. The summed E-state index contributed by atoms with van der Waals surface area (Å²) in [4.78, 5) is 4.18. The number of ether oxygens (including phenoxy) is 1. The van der Waals surface area contributed by atoms with Crippen LogP contribution >= 0.6 is 0 Å². The van der Waals surface area contributed by atoms with E-state index in [-0.39, 0.29) is 0 Å². The van der Waals surface area contributed by atoms with Crippen molar-refractivity contribution >= 4 is 11.5 Å². The van der Waals surface area contributed by atoms with Crippen molar-refractivity contribution in [3.8, 4) is 0 Å². The van der Waals surface area contributed by atoms with Gasteiger partial charge in [-0.3, -0.25) is 4.40 Å². The summed E-state index contributed by atoms with van der Waals surface area (Å²) < 4.78 is 6.79. The molecule has 0 spiro atoms. The van der Waals surface area contributed by atoms with E-state index < -0.39 is 6.10 Å². The molecule has 2 aromatic rings. The van der Waals surface area contributed by atoms with Crippen molar-refractivity contribution in [2.45, 2.75) is 6.10 Å². The van der Waals surface area contributed by atoms with E-state index in [0.717, 1.165) is 11.5 Å². The number of anilines is 1. The van der Waals surface area contributed by atoms with Crippen LogP contribution in [0.1, 0.15) is 0 Å². The van der Waals surface area contributed by atoms with Crippen LogP contribution in [0, 0.1) is 0 Å². The van der Waals surface area contributed by atoms with Crippen LogP contribution in [-0.4, -0.2) is 40.9 Å². The highest BCUT2D eigenvalue weighted by Gasteiger charge is 2.04. The average molecular weight is 221 g/mol. The van der Waals surface area contributed by atoms with Crippen molar-refractivity contribution in [2.24, 2.45) is 0 Å². The van der Waals surface area contributed by atoms with Crippen LogP contribution < -0.4 is 5.32 Å². The molecule has 0 radical (unpaired) electrons. The van der Waals surface area contributed by atoms with Gasteiger partial charge in [-0.1, -0.05) is 6.07 Å². The Morgan fingerprint density at radius 3 is 3.25 bits per heavy atom. The lowest BCUT2D eigenvalue weighted by atomic mass is 10.3. The number of methoxy groups -OCH3 is 1. The molecule has 1 unspecified atom stereocenters. The summed E-state index contributed by atoms with van der Waals surface area (Å²) >= 11 is 0. The number of fused-ring (bicyclic) bond motifs is 1. The van der Waals surface area contributed by atoms with Gasteiger partial charge in [0.2, 0.25) is 0 Å². The van der Waals surface area contributed by atoms with Gasteiger partial charge in [-0.25, -0.2) is 4.98 Å². The standard InChI is InChI=1S/C11H15N3O2/c1-16-8-9(15)7-13-11-4-2-3-10-12-5-6-14(10)11/h2-6,9,13,15H,7-8H2,1H3. The number of aliphatic hydroxyl groups excluding tert-OH is 1. The van der Waals surface area contributed by atoms with Gasteiger partial charge in [0.15, 0.2) is 0 Å². The maximum Gasteiger partial charge on any atom is 0.138 e. The lowest BCUT2D eigenvalue weighted by molar-refractivity contribution is 0.0727. The molecule has 1 atom stereocenters. The number of nitrogens with zero attached hydrogens (tertiary/aromatic N) is 2. The van der Waals surface area contributed by atoms with E-state index in [2.05, 4.69) is 10.3 Å². The summed E-state index contributed by atoms with van der Waals surface area (Å²) in [6.07, 6.45) is 3.11. The molecule has 2 aromatic heterocycles. The van der Waals surface area contributed by atoms with E-state index in [1.54, 1.807) is 13.3 Å². The molecule has 86 valence electrons. The number of hydrogen-bond acceptors (Lipinski definition) is 4. The number of hydrogen-bond donors (Lipinski definition) is 2. The van der Waals surface area contributed by atoms with Crippen LogP contribution in [0.4, 0.5) is 5.82 Å². The predicted octanol–water partition coefficient (Wildman–Crippen LogP) is 0.753. The minimum absolute atomic E-state index is 0.326. The zero-order valence-corrected chi connectivity index (χ0v) is 9.13. The van der Waals surface area contributed by atoms with Crippen molar-refractivity contribution in [3.63, 3.8) is 0 Å². The minimum Gasteiger partial charge on any atom is -0.389 e. The summed E-state index contributed by atoms with van der Waals surface area (Å²) in [5.41, 5.74) is 0.881. The second kappa shape index (κ2) is 4.96. The van der Waals surface area contributed by atoms with Gasteiger partial charge >= 0.3 is 0 Å². The Hall–Kier alpha value is -1.59. The van der Waals surface area contributed by atoms with Gasteiger partial charge in [-0.15, -0.1) is 0 Å². The molecular weight excluding hydrogens is 206 g/mol. The molecule has 0 fully saturated rings. The van der Waals surface area contributed by atoms with Crippen LogP contribution in [0.3, 0.4) is 0 Å². The third-order valence-electron chi connectivity index (χ3n) is 2.31. The van der Waals surface area contributed by atoms with Gasteiger partial charge in [-0.05, 0) is 12.1 Å². The second-order valence-corrected chi connectivity index (χ2v) is 3.56. The summed E-state index contributed by atoms with van der Waals surface area (Å²) in [6, 6.07) is 5.79. The van der Waals surface area contributed by atoms with Gasteiger partial charge < -0.3 is 15.2 Å². The maximum atomic E-state index is 9.52. The molecule has 0 aliphatic rings. The topological polar surface area (TPSA) is 58.8 Å². The third-order valence-corrected chi connectivity index (χ3v) is 2.31. The van der Waals surface area contributed by atoms with Crippen LogP contribution in [-0.2, 0) is 4.74 Å². The van der Waals surface area contributed by atoms with E-state index in [1.807, 2.05) is 28.8 Å².